The highest BCUT2D eigenvalue weighted by Crippen LogP contribution is 2.18. The normalized spacial score (nSPS) is 12.5. The van der Waals surface area contributed by atoms with Crippen molar-refractivity contribution < 1.29 is 9.47 Å². The molecule has 3 nitrogen and oxygen atoms in total. The molecular weight excluding hydrogens is 178 g/mol. The van der Waals surface area contributed by atoms with Crippen molar-refractivity contribution in [1.82, 2.24) is 0 Å². The van der Waals surface area contributed by atoms with Gasteiger partial charge in [0, 0.05) is 13.2 Å². The largest absolute Gasteiger partial charge is 0.496 e. The molecule has 0 bridgehead atoms. The van der Waals surface area contributed by atoms with Crippen molar-refractivity contribution >= 4 is 0 Å². The highest BCUT2D eigenvalue weighted by molar-refractivity contribution is 5.33. The summed E-state index contributed by atoms with van der Waals surface area (Å²) in [4.78, 5) is 0. The number of methoxy groups -OCH3 is 2. The Labute approximate surface area is 84.8 Å². The maximum absolute atomic E-state index is 5.86. The van der Waals surface area contributed by atoms with Crippen LogP contribution in [0.2, 0.25) is 0 Å². The molecule has 0 radical (unpaired) electrons. The third kappa shape index (κ3) is 3.01. The van der Waals surface area contributed by atoms with Gasteiger partial charge in [0.2, 0.25) is 0 Å². The van der Waals surface area contributed by atoms with Gasteiger partial charge in [-0.3, -0.25) is 0 Å². The average Bonchev–Trinajstić information content (AvgIpc) is 2.19. The zero-order valence-corrected chi connectivity index (χ0v) is 8.69. The van der Waals surface area contributed by atoms with Crippen molar-refractivity contribution in [2.45, 2.75) is 12.5 Å². The molecule has 0 aliphatic rings. The molecule has 0 heterocycles. The van der Waals surface area contributed by atoms with E-state index in [0.29, 0.717) is 6.61 Å². The van der Waals surface area contributed by atoms with Crippen LogP contribution in [0, 0.1) is 0 Å². The highest BCUT2D eigenvalue weighted by Gasteiger charge is 2.07. The van der Waals surface area contributed by atoms with Crippen LogP contribution in [0.3, 0.4) is 0 Å². The van der Waals surface area contributed by atoms with E-state index in [9.17, 15) is 0 Å². The second kappa shape index (κ2) is 5.62. The molecule has 1 unspecified atom stereocenters. The van der Waals surface area contributed by atoms with Crippen LogP contribution in [0.1, 0.15) is 5.56 Å². The molecule has 0 aliphatic carbocycles. The Morgan fingerprint density at radius 3 is 2.64 bits per heavy atom. The summed E-state index contributed by atoms with van der Waals surface area (Å²) in [5.74, 6) is 0.888. The molecule has 3 heteroatoms. The zero-order chi connectivity index (χ0) is 10.4. The van der Waals surface area contributed by atoms with Crippen LogP contribution < -0.4 is 10.5 Å². The first kappa shape index (κ1) is 11.0. The molecule has 1 aromatic rings. The Balaban J connectivity index is 2.65. The summed E-state index contributed by atoms with van der Waals surface area (Å²) in [6.45, 7) is 0.568. The molecule has 78 valence electrons. The number of rotatable bonds is 5. The van der Waals surface area contributed by atoms with E-state index in [1.54, 1.807) is 14.2 Å². The van der Waals surface area contributed by atoms with Crippen LogP contribution in [-0.4, -0.2) is 26.9 Å². The Kier molecular flexibility index (Phi) is 4.43. The van der Waals surface area contributed by atoms with Gasteiger partial charge < -0.3 is 15.2 Å². The SMILES string of the molecule is COCC(N)Cc1ccccc1OC. The summed E-state index contributed by atoms with van der Waals surface area (Å²) < 4.78 is 10.2. The van der Waals surface area contributed by atoms with Crippen molar-refractivity contribution in [1.29, 1.82) is 0 Å². The second-order valence-corrected chi connectivity index (χ2v) is 3.23. The lowest BCUT2D eigenvalue weighted by molar-refractivity contribution is 0.179. The molecule has 0 saturated heterocycles. The van der Waals surface area contributed by atoms with Crippen LogP contribution in [-0.2, 0) is 11.2 Å². The number of para-hydroxylation sites is 1. The summed E-state index contributed by atoms with van der Waals surface area (Å²) in [6.07, 6.45) is 0.776. The molecule has 0 saturated carbocycles. The number of ether oxygens (including phenoxy) is 2. The van der Waals surface area contributed by atoms with Crippen LogP contribution in [0.15, 0.2) is 24.3 Å². The van der Waals surface area contributed by atoms with Crippen molar-refractivity contribution in [2.75, 3.05) is 20.8 Å². The molecule has 14 heavy (non-hydrogen) atoms. The maximum Gasteiger partial charge on any atom is 0.122 e. The van der Waals surface area contributed by atoms with Crippen molar-refractivity contribution in [2.24, 2.45) is 5.73 Å². The summed E-state index contributed by atoms with van der Waals surface area (Å²) in [5, 5.41) is 0. The molecule has 0 amide bonds. The summed E-state index contributed by atoms with van der Waals surface area (Å²) >= 11 is 0. The van der Waals surface area contributed by atoms with Gasteiger partial charge in [0.05, 0.1) is 13.7 Å². The molecule has 1 rings (SSSR count). The minimum absolute atomic E-state index is 0.0244. The quantitative estimate of drug-likeness (QED) is 0.768. The first-order valence-corrected chi connectivity index (χ1v) is 4.64. The fourth-order valence-electron chi connectivity index (χ4n) is 1.43. The van der Waals surface area contributed by atoms with Crippen LogP contribution >= 0.6 is 0 Å². The van der Waals surface area contributed by atoms with Gasteiger partial charge in [-0.15, -0.1) is 0 Å². The number of nitrogens with two attached hydrogens (primary N) is 1. The molecule has 2 N–H and O–H groups in total. The predicted octanol–water partition coefficient (Wildman–Crippen LogP) is 1.21. The first-order chi connectivity index (χ1) is 6.77. The van der Waals surface area contributed by atoms with E-state index in [2.05, 4.69) is 0 Å². The van der Waals surface area contributed by atoms with Gasteiger partial charge in [-0.25, -0.2) is 0 Å². The smallest absolute Gasteiger partial charge is 0.122 e. The topological polar surface area (TPSA) is 44.5 Å². The van der Waals surface area contributed by atoms with E-state index >= 15 is 0 Å². The number of hydrogen-bond acceptors (Lipinski definition) is 3. The summed E-state index contributed by atoms with van der Waals surface area (Å²) in [7, 11) is 3.32. The minimum atomic E-state index is 0.0244. The van der Waals surface area contributed by atoms with Crippen molar-refractivity contribution in [3.8, 4) is 5.75 Å². The van der Waals surface area contributed by atoms with Gasteiger partial charge in [-0.2, -0.15) is 0 Å². The highest BCUT2D eigenvalue weighted by atomic mass is 16.5. The van der Waals surface area contributed by atoms with Gasteiger partial charge in [0.1, 0.15) is 5.75 Å². The third-order valence-corrected chi connectivity index (χ3v) is 2.06. The van der Waals surface area contributed by atoms with Gasteiger partial charge >= 0.3 is 0 Å². The lowest BCUT2D eigenvalue weighted by atomic mass is 10.1. The Bertz CT molecular complexity index is 276. The Morgan fingerprint density at radius 1 is 1.29 bits per heavy atom. The van der Waals surface area contributed by atoms with Gasteiger partial charge in [0.15, 0.2) is 0 Å². The first-order valence-electron chi connectivity index (χ1n) is 4.64. The van der Waals surface area contributed by atoms with Crippen molar-refractivity contribution in [3.05, 3.63) is 29.8 Å². The maximum atomic E-state index is 5.86. The number of benzene rings is 1. The van der Waals surface area contributed by atoms with E-state index < -0.39 is 0 Å². The molecule has 0 aromatic heterocycles. The standard InChI is InChI=1S/C11H17NO2/c1-13-8-10(12)7-9-5-3-4-6-11(9)14-2/h3-6,10H,7-8,12H2,1-2H3. The van der Waals surface area contributed by atoms with E-state index in [1.807, 2.05) is 24.3 Å². The van der Waals surface area contributed by atoms with Gasteiger partial charge in [0.25, 0.3) is 0 Å². The fraction of sp³-hybridized carbons (Fsp3) is 0.455. The summed E-state index contributed by atoms with van der Waals surface area (Å²) in [6, 6.07) is 7.92. The monoisotopic (exact) mass is 195 g/mol. The Morgan fingerprint density at radius 2 is 2.00 bits per heavy atom. The van der Waals surface area contributed by atoms with E-state index in [4.69, 9.17) is 15.2 Å². The minimum Gasteiger partial charge on any atom is -0.496 e. The molecular formula is C11H17NO2. The van der Waals surface area contributed by atoms with E-state index in [-0.39, 0.29) is 6.04 Å². The Hall–Kier alpha value is -1.06. The number of hydrogen-bond donors (Lipinski definition) is 1. The molecule has 1 atom stereocenters. The average molecular weight is 195 g/mol. The van der Waals surface area contributed by atoms with E-state index in [1.165, 1.54) is 0 Å². The lowest BCUT2D eigenvalue weighted by Gasteiger charge is -2.12. The molecule has 0 fully saturated rings. The molecule has 1 aromatic carbocycles. The summed E-state index contributed by atoms with van der Waals surface area (Å²) in [5.41, 5.74) is 6.98. The van der Waals surface area contributed by atoms with Gasteiger partial charge in [-0.1, -0.05) is 18.2 Å². The van der Waals surface area contributed by atoms with Crippen LogP contribution in [0.25, 0.3) is 0 Å². The van der Waals surface area contributed by atoms with E-state index in [0.717, 1.165) is 17.7 Å². The van der Waals surface area contributed by atoms with Gasteiger partial charge in [-0.05, 0) is 18.1 Å². The lowest BCUT2D eigenvalue weighted by Crippen LogP contribution is -2.28. The third-order valence-electron chi connectivity index (χ3n) is 2.06. The second-order valence-electron chi connectivity index (χ2n) is 3.23. The van der Waals surface area contributed by atoms with Crippen LogP contribution in [0.4, 0.5) is 0 Å². The zero-order valence-electron chi connectivity index (χ0n) is 8.69. The van der Waals surface area contributed by atoms with Crippen LogP contribution in [0.5, 0.6) is 5.75 Å². The predicted molar refractivity (Wildman–Crippen MR) is 56.5 cm³/mol. The van der Waals surface area contributed by atoms with Crippen molar-refractivity contribution in [3.63, 3.8) is 0 Å². The molecule has 0 spiro atoms. The molecule has 0 aliphatic heterocycles. The fourth-order valence-corrected chi connectivity index (χ4v) is 1.43.